The lowest BCUT2D eigenvalue weighted by Crippen LogP contribution is -2.53. The number of nitrogens with two attached hydrogens (primary N) is 1. The molecular formula is C13H21N3O3S. The van der Waals surface area contributed by atoms with Gasteiger partial charge in [0.2, 0.25) is 10.0 Å². The molecule has 0 radical (unpaired) electrons. The van der Waals surface area contributed by atoms with Gasteiger partial charge in [-0.1, -0.05) is 0 Å². The highest BCUT2D eigenvalue weighted by Gasteiger charge is 2.38. The highest BCUT2D eigenvalue weighted by molar-refractivity contribution is 7.89. The van der Waals surface area contributed by atoms with E-state index in [9.17, 15) is 8.42 Å². The molecule has 0 aromatic carbocycles. The van der Waals surface area contributed by atoms with Gasteiger partial charge in [-0.05, 0) is 32.9 Å². The van der Waals surface area contributed by atoms with Crippen molar-refractivity contribution in [3.63, 3.8) is 0 Å². The first-order valence-electron chi connectivity index (χ1n) is 6.58. The van der Waals surface area contributed by atoms with Crippen LogP contribution in [0, 0.1) is 0 Å². The van der Waals surface area contributed by atoms with Crippen molar-refractivity contribution in [1.29, 1.82) is 0 Å². The third-order valence-electron chi connectivity index (χ3n) is 3.20. The molecule has 0 spiro atoms. The summed E-state index contributed by atoms with van der Waals surface area (Å²) < 4.78 is 32.8. The van der Waals surface area contributed by atoms with Crippen molar-refractivity contribution in [1.82, 2.24) is 9.29 Å². The fraction of sp³-hybridized carbons (Fsp3) is 0.615. The lowest BCUT2D eigenvalue weighted by Gasteiger charge is -2.41. The fourth-order valence-electron chi connectivity index (χ4n) is 2.53. The minimum absolute atomic E-state index is 0.0959. The Morgan fingerprint density at radius 3 is 2.85 bits per heavy atom. The molecule has 112 valence electrons. The molecule has 0 aliphatic carbocycles. The summed E-state index contributed by atoms with van der Waals surface area (Å²) in [4.78, 5) is 4.24. The Morgan fingerprint density at radius 2 is 2.25 bits per heavy atom. The zero-order valence-corrected chi connectivity index (χ0v) is 12.9. The van der Waals surface area contributed by atoms with Crippen molar-refractivity contribution in [2.75, 3.05) is 13.1 Å². The Morgan fingerprint density at radius 1 is 1.55 bits per heavy atom. The summed E-state index contributed by atoms with van der Waals surface area (Å²) in [5.74, 6) is 0. The molecule has 1 aromatic rings. The summed E-state index contributed by atoms with van der Waals surface area (Å²) in [5, 5.41) is 0. The number of rotatable bonds is 3. The van der Waals surface area contributed by atoms with Crippen molar-refractivity contribution < 1.29 is 13.2 Å². The van der Waals surface area contributed by atoms with Gasteiger partial charge in [-0.15, -0.1) is 0 Å². The number of sulfonamides is 1. The summed E-state index contributed by atoms with van der Waals surface area (Å²) in [7, 11) is -3.60. The van der Waals surface area contributed by atoms with Gasteiger partial charge in [0.15, 0.2) is 0 Å². The van der Waals surface area contributed by atoms with Crippen molar-refractivity contribution in [2.24, 2.45) is 5.73 Å². The third kappa shape index (κ3) is 3.01. The number of aromatic nitrogens is 1. The van der Waals surface area contributed by atoms with Gasteiger partial charge in [0, 0.05) is 25.8 Å². The highest BCUT2D eigenvalue weighted by Crippen LogP contribution is 2.27. The van der Waals surface area contributed by atoms with Crippen molar-refractivity contribution in [3.8, 4) is 0 Å². The maximum atomic E-state index is 12.8. The summed E-state index contributed by atoms with van der Waals surface area (Å²) in [6, 6.07) is 3.17. The monoisotopic (exact) mass is 299 g/mol. The van der Waals surface area contributed by atoms with Crippen LogP contribution in [0.25, 0.3) is 0 Å². The molecule has 1 unspecified atom stereocenters. The van der Waals surface area contributed by atoms with Gasteiger partial charge < -0.3 is 10.5 Å². The van der Waals surface area contributed by atoms with Gasteiger partial charge in [-0.25, -0.2) is 8.42 Å². The van der Waals surface area contributed by atoms with Crippen molar-refractivity contribution in [3.05, 3.63) is 24.0 Å². The van der Waals surface area contributed by atoms with Gasteiger partial charge in [-0.2, -0.15) is 4.31 Å². The molecule has 2 N–H and O–H groups in total. The molecule has 1 saturated heterocycles. The van der Waals surface area contributed by atoms with E-state index in [1.54, 1.807) is 18.3 Å². The minimum atomic E-state index is -3.60. The predicted molar refractivity (Wildman–Crippen MR) is 75.5 cm³/mol. The van der Waals surface area contributed by atoms with Crippen LogP contribution in [0.3, 0.4) is 0 Å². The zero-order valence-electron chi connectivity index (χ0n) is 12.0. The second-order valence-corrected chi connectivity index (χ2v) is 7.54. The SMILES string of the molecule is CC1CN(S(=O)(=O)c2cccnc2CN)CC(C)(C)O1. The first kappa shape index (κ1) is 15.4. The Labute approximate surface area is 120 Å². The number of nitrogens with zero attached hydrogens (tertiary/aromatic N) is 2. The van der Waals surface area contributed by atoms with Gasteiger partial charge in [0.05, 0.1) is 17.4 Å². The van der Waals surface area contributed by atoms with E-state index in [0.29, 0.717) is 18.8 Å². The molecule has 1 aliphatic rings. The normalized spacial score (nSPS) is 23.7. The topological polar surface area (TPSA) is 85.5 Å². The Kier molecular flexibility index (Phi) is 4.15. The van der Waals surface area contributed by atoms with Crippen LogP contribution in [0.4, 0.5) is 0 Å². The van der Waals surface area contributed by atoms with Crippen LogP contribution in [-0.4, -0.2) is 42.5 Å². The van der Waals surface area contributed by atoms with Gasteiger partial charge >= 0.3 is 0 Å². The average Bonchev–Trinajstić information content (AvgIpc) is 2.36. The van der Waals surface area contributed by atoms with Crippen molar-refractivity contribution >= 4 is 10.0 Å². The summed E-state index contributed by atoms with van der Waals surface area (Å²) in [6.07, 6.45) is 1.40. The quantitative estimate of drug-likeness (QED) is 0.889. The second kappa shape index (κ2) is 5.40. The van der Waals surface area contributed by atoms with Crippen LogP contribution in [0.2, 0.25) is 0 Å². The van der Waals surface area contributed by atoms with Gasteiger partial charge in [0.25, 0.3) is 0 Å². The van der Waals surface area contributed by atoms with Crippen LogP contribution in [0.1, 0.15) is 26.5 Å². The molecule has 7 heteroatoms. The second-order valence-electron chi connectivity index (χ2n) is 5.64. The van der Waals surface area contributed by atoms with Crippen LogP contribution in [0.15, 0.2) is 23.2 Å². The first-order valence-corrected chi connectivity index (χ1v) is 8.02. The molecule has 2 heterocycles. The number of ether oxygens (including phenoxy) is 1. The third-order valence-corrected chi connectivity index (χ3v) is 5.08. The molecule has 1 aromatic heterocycles. The lowest BCUT2D eigenvalue weighted by molar-refractivity contribution is -0.109. The summed E-state index contributed by atoms with van der Waals surface area (Å²) in [5.41, 5.74) is 5.48. The van der Waals surface area contributed by atoms with E-state index in [2.05, 4.69) is 4.98 Å². The van der Waals surface area contributed by atoms with E-state index < -0.39 is 15.6 Å². The summed E-state index contributed by atoms with van der Waals surface area (Å²) in [6.45, 7) is 6.40. The van der Waals surface area contributed by atoms with E-state index >= 15 is 0 Å². The molecule has 1 aliphatic heterocycles. The van der Waals surface area contributed by atoms with E-state index in [0.717, 1.165) is 0 Å². The Hall–Kier alpha value is -1.02. The standard InChI is InChI=1S/C13H21N3O3S/c1-10-8-16(9-13(2,3)19-10)20(17,18)12-5-4-6-15-11(12)7-14/h4-6,10H,7-9,14H2,1-3H3. The molecule has 6 nitrogen and oxygen atoms in total. The molecular weight excluding hydrogens is 278 g/mol. The van der Waals surface area contributed by atoms with Gasteiger partial charge in [0.1, 0.15) is 4.90 Å². The highest BCUT2D eigenvalue weighted by atomic mass is 32.2. The molecule has 20 heavy (non-hydrogen) atoms. The maximum absolute atomic E-state index is 12.8. The zero-order chi connectivity index (χ0) is 15.0. The van der Waals surface area contributed by atoms with Crippen LogP contribution >= 0.6 is 0 Å². The van der Waals surface area contributed by atoms with Crippen LogP contribution < -0.4 is 5.73 Å². The van der Waals surface area contributed by atoms with E-state index in [1.807, 2.05) is 20.8 Å². The van der Waals surface area contributed by atoms with Crippen molar-refractivity contribution in [2.45, 2.75) is 43.9 Å². The van der Waals surface area contributed by atoms with Crippen LogP contribution in [0.5, 0.6) is 0 Å². The average molecular weight is 299 g/mol. The Balaban J connectivity index is 2.39. The molecule has 0 saturated carbocycles. The maximum Gasteiger partial charge on any atom is 0.245 e. The number of hydrogen-bond donors (Lipinski definition) is 1. The minimum Gasteiger partial charge on any atom is -0.370 e. The fourth-order valence-corrected chi connectivity index (χ4v) is 4.38. The van der Waals surface area contributed by atoms with E-state index in [1.165, 1.54) is 4.31 Å². The number of morpholine rings is 1. The largest absolute Gasteiger partial charge is 0.370 e. The van der Waals surface area contributed by atoms with Crippen LogP contribution in [-0.2, 0) is 21.3 Å². The van der Waals surface area contributed by atoms with E-state index in [4.69, 9.17) is 10.5 Å². The first-order chi connectivity index (χ1) is 9.26. The molecule has 1 fully saturated rings. The Bertz CT molecular complexity index is 586. The number of hydrogen-bond acceptors (Lipinski definition) is 5. The molecule has 1 atom stereocenters. The molecule has 2 rings (SSSR count). The van der Waals surface area contributed by atoms with Gasteiger partial charge in [-0.3, -0.25) is 4.98 Å². The molecule has 0 amide bonds. The number of pyridine rings is 1. The smallest absolute Gasteiger partial charge is 0.245 e. The van der Waals surface area contributed by atoms with E-state index in [-0.39, 0.29) is 17.5 Å². The molecule has 0 bridgehead atoms. The predicted octanol–water partition coefficient (Wildman–Crippen LogP) is 0.728. The lowest BCUT2D eigenvalue weighted by atomic mass is 10.1. The summed E-state index contributed by atoms with van der Waals surface area (Å²) >= 11 is 0.